The zero-order valence-corrected chi connectivity index (χ0v) is 37.2. The number of carbonyl (C=O) groups excluding carboxylic acids is 2. The van der Waals surface area contributed by atoms with Gasteiger partial charge in [0.15, 0.2) is 6.10 Å². The molecule has 0 aliphatic heterocycles. The number of esters is 2. The van der Waals surface area contributed by atoms with Crippen molar-refractivity contribution in [3.05, 3.63) is 60.8 Å². The number of allylic oxidation sites excluding steroid dienone is 10. The summed E-state index contributed by atoms with van der Waals surface area (Å²) in [5.41, 5.74) is 5.35. The number of rotatable bonds is 42. The van der Waals surface area contributed by atoms with E-state index in [4.69, 9.17) is 24.3 Å². The fourth-order valence-electron chi connectivity index (χ4n) is 6.08. The topological polar surface area (TPSA) is 134 Å². The van der Waals surface area contributed by atoms with E-state index >= 15 is 0 Å². The van der Waals surface area contributed by atoms with Gasteiger partial charge in [0.1, 0.15) is 6.61 Å². The molecule has 2 atom stereocenters. The maximum atomic E-state index is 12.6. The van der Waals surface area contributed by atoms with Gasteiger partial charge in [-0.25, -0.2) is 4.57 Å². The Morgan fingerprint density at radius 3 is 1.42 bits per heavy atom. The predicted molar refractivity (Wildman–Crippen MR) is 238 cm³/mol. The zero-order valence-electron chi connectivity index (χ0n) is 36.3. The Labute approximate surface area is 349 Å². The normalized spacial score (nSPS) is 13.8. The molecule has 0 aromatic rings. The van der Waals surface area contributed by atoms with Crippen molar-refractivity contribution in [2.75, 3.05) is 26.4 Å². The number of ether oxygens (including phenoxy) is 2. The number of nitrogens with two attached hydrogens (primary N) is 1. The van der Waals surface area contributed by atoms with Crippen LogP contribution in [0, 0.1) is 0 Å². The molecule has 0 bridgehead atoms. The highest BCUT2D eigenvalue weighted by molar-refractivity contribution is 7.47. The average Bonchev–Trinajstić information content (AvgIpc) is 3.20. The molecule has 0 aromatic carbocycles. The molecule has 0 heterocycles. The quantitative estimate of drug-likeness (QED) is 0.0267. The van der Waals surface area contributed by atoms with E-state index in [0.29, 0.717) is 12.8 Å². The molecule has 0 amide bonds. The third kappa shape index (κ3) is 43.1. The first-order valence-corrected chi connectivity index (χ1v) is 24.3. The molecular formula is C47H84NO8P. The van der Waals surface area contributed by atoms with Crippen LogP contribution in [0.2, 0.25) is 0 Å². The van der Waals surface area contributed by atoms with Crippen molar-refractivity contribution in [2.45, 2.75) is 200 Å². The highest BCUT2D eigenvalue weighted by Crippen LogP contribution is 2.43. The molecule has 10 heteroatoms. The van der Waals surface area contributed by atoms with Gasteiger partial charge in [-0.3, -0.25) is 18.6 Å². The van der Waals surface area contributed by atoms with Crippen LogP contribution in [0.25, 0.3) is 0 Å². The zero-order chi connectivity index (χ0) is 41.8. The van der Waals surface area contributed by atoms with Gasteiger partial charge in [0, 0.05) is 19.4 Å². The maximum absolute atomic E-state index is 12.6. The highest BCUT2D eigenvalue weighted by Gasteiger charge is 2.25. The van der Waals surface area contributed by atoms with Gasteiger partial charge < -0.3 is 20.1 Å². The van der Waals surface area contributed by atoms with Crippen LogP contribution in [-0.4, -0.2) is 49.3 Å². The Morgan fingerprint density at radius 2 is 0.965 bits per heavy atom. The average molecular weight is 822 g/mol. The van der Waals surface area contributed by atoms with Gasteiger partial charge in [-0.2, -0.15) is 0 Å². The largest absolute Gasteiger partial charge is 0.472 e. The Kier molecular flexibility index (Phi) is 41.6. The molecule has 57 heavy (non-hydrogen) atoms. The lowest BCUT2D eigenvalue weighted by atomic mass is 10.0. The predicted octanol–water partition coefficient (Wildman–Crippen LogP) is 13.3. The second kappa shape index (κ2) is 43.3. The van der Waals surface area contributed by atoms with Crippen molar-refractivity contribution >= 4 is 19.8 Å². The Hall–Kier alpha value is -2.29. The van der Waals surface area contributed by atoms with Crippen LogP contribution < -0.4 is 5.73 Å². The molecule has 0 rings (SSSR count). The maximum Gasteiger partial charge on any atom is 0.472 e. The van der Waals surface area contributed by atoms with Gasteiger partial charge in [0.2, 0.25) is 0 Å². The number of hydrogen-bond acceptors (Lipinski definition) is 8. The molecule has 9 nitrogen and oxygen atoms in total. The van der Waals surface area contributed by atoms with Crippen molar-refractivity contribution < 1.29 is 37.6 Å². The monoisotopic (exact) mass is 822 g/mol. The van der Waals surface area contributed by atoms with Gasteiger partial charge in [-0.15, -0.1) is 0 Å². The summed E-state index contributed by atoms with van der Waals surface area (Å²) in [6, 6.07) is 0. The summed E-state index contributed by atoms with van der Waals surface area (Å²) in [4.78, 5) is 34.9. The molecule has 330 valence electrons. The summed E-state index contributed by atoms with van der Waals surface area (Å²) in [5, 5.41) is 0. The van der Waals surface area contributed by atoms with Crippen LogP contribution in [0.1, 0.15) is 194 Å². The van der Waals surface area contributed by atoms with Crippen molar-refractivity contribution in [1.29, 1.82) is 0 Å². The molecule has 0 spiro atoms. The van der Waals surface area contributed by atoms with Gasteiger partial charge >= 0.3 is 19.8 Å². The third-order valence-corrected chi connectivity index (χ3v) is 10.4. The summed E-state index contributed by atoms with van der Waals surface area (Å²) >= 11 is 0. The molecule has 0 saturated carbocycles. The van der Waals surface area contributed by atoms with Gasteiger partial charge in [-0.05, 0) is 51.4 Å². The minimum atomic E-state index is -4.39. The molecule has 0 radical (unpaired) electrons. The lowest BCUT2D eigenvalue weighted by Gasteiger charge is -2.19. The van der Waals surface area contributed by atoms with Crippen LogP contribution in [0.15, 0.2) is 60.8 Å². The van der Waals surface area contributed by atoms with E-state index in [1.165, 1.54) is 103 Å². The first kappa shape index (κ1) is 54.7. The molecule has 0 aliphatic rings. The summed E-state index contributed by atoms with van der Waals surface area (Å²) in [7, 11) is -4.39. The van der Waals surface area contributed by atoms with E-state index in [0.717, 1.165) is 51.4 Å². The van der Waals surface area contributed by atoms with Crippen LogP contribution in [0.3, 0.4) is 0 Å². The Bertz CT molecular complexity index is 1120. The number of phosphoric acid groups is 1. The summed E-state index contributed by atoms with van der Waals surface area (Å²) in [5.74, 6) is -0.894. The minimum Gasteiger partial charge on any atom is -0.462 e. The summed E-state index contributed by atoms with van der Waals surface area (Å²) in [6.45, 7) is 3.56. The second-order valence-corrected chi connectivity index (χ2v) is 16.3. The van der Waals surface area contributed by atoms with Crippen LogP contribution >= 0.6 is 7.82 Å². The standard InChI is InChI=1S/C47H84NO8P/c1-3-5-7-9-11-13-15-17-19-21-22-24-25-27-29-31-33-35-37-39-46(49)53-43-45(44-55-57(51,52)54-42-41-48)56-47(50)40-38-36-34-32-30-28-26-23-20-18-16-14-12-10-8-6-4-2/h6,8,12,14,18,20,26,28,32,34,45H,3-5,7,9-11,13,15-17,19,21-25,27,29-31,33,35-44,48H2,1-2H3,(H,51,52)/b8-6+,14-12+,20-18+,28-26+,34-32+/t45-/m1/s1. The fourth-order valence-corrected chi connectivity index (χ4v) is 6.85. The molecular weight excluding hydrogens is 737 g/mol. The second-order valence-electron chi connectivity index (χ2n) is 14.9. The smallest absolute Gasteiger partial charge is 0.462 e. The van der Waals surface area contributed by atoms with Gasteiger partial charge in [-0.1, -0.05) is 190 Å². The van der Waals surface area contributed by atoms with Crippen LogP contribution in [0.5, 0.6) is 0 Å². The Morgan fingerprint density at radius 1 is 0.544 bits per heavy atom. The van der Waals surface area contributed by atoms with Gasteiger partial charge in [0.05, 0.1) is 13.2 Å². The van der Waals surface area contributed by atoms with E-state index in [1.54, 1.807) is 0 Å². The lowest BCUT2D eigenvalue weighted by Crippen LogP contribution is -2.29. The van der Waals surface area contributed by atoms with E-state index in [2.05, 4.69) is 68.5 Å². The first-order valence-electron chi connectivity index (χ1n) is 22.8. The summed E-state index contributed by atoms with van der Waals surface area (Å²) in [6.07, 6.45) is 51.2. The summed E-state index contributed by atoms with van der Waals surface area (Å²) < 4.78 is 32.8. The van der Waals surface area contributed by atoms with Crippen molar-refractivity contribution in [3.8, 4) is 0 Å². The lowest BCUT2D eigenvalue weighted by molar-refractivity contribution is -0.161. The van der Waals surface area contributed by atoms with Crippen LogP contribution in [0.4, 0.5) is 0 Å². The van der Waals surface area contributed by atoms with E-state index in [1.807, 2.05) is 6.08 Å². The van der Waals surface area contributed by atoms with Crippen molar-refractivity contribution in [3.63, 3.8) is 0 Å². The molecule has 0 saturated heterocycles. The molecule has 0 fully saturated rings. The highest BCUT2D eigenvalue weighted by atomic mass is 31.2. The van der Waals surface area contributed by atoms with Crippen molar-refractivity contribution in [1.82, 2.24) is 0 Å². The van der Waals surface area contributed by atoms with E-state index in [9.17, 15) is 19.0 Å². The molecule has 3 N–H and O–H groups in total. The van der Waals surface area contributed by atoms with Crippen LogP contribution in [-0.2, 0) is 32.7 Å². The minimum absolute atomic E-state index is 0.0430. The molecule has 0 aromatic heterocycles. The SMILES string of the molecule is CC/C=C/C/C=C/C/C=C/C/C=C/C/C=C/CCCC(=O)O[C@H](COC(=O)CCCCCCCCCCCCCCCCCCCCC)COP(=O)(O)OCCN. The first-order chi connectivity index (χ1) is 27.8. The number of phosphoric ester groups is 1. The van der Waals surface area contributed by atoms with Crippen molar-refractivity contribution in [2.24, 2.45) is 5.73 Å². The third-order valence-electron chi connectivity index (χ3n) is 9.42. The number of hydrogen-bond donors (Lipinski definition) is 2. The molecule has 0 aliphatic carbocycles. The van der Waals surface area contributed by atoms with E-state index in [-0.39, 0.29) is 32.6 Å². The van der Waals surface area contributed by atoms with Gasteiger partial charge in [0.25, 0.3) is 0 Å². The number of carbonyl (C=O) groups is 2. The fraction of sp³-hybridized carbons (Fsp3) is 0.745. The Balaban J connectivity index is 4.18. The van der Waals surface area contributed by atoms with E-state index < -0.39 is 32.5 Å². The number of unbranched alkanes of at least 4 members (excludes halogenated alkanes) is 19. The molecule has 1 unspecified atom stereocenters.